The van der Waals surface area contributed by atoms with E-state index in [1.165, 1.54) is 6.42 Å². The number of fused-ring (bicyclic) bond motifs is 2. The Balaban J connectivity index is 1.27. The van der Waals surface area contributed by atoms with Crippen LogP contribution in [0.5, 0.6) is 5.75 Å². The molecule has 6 rings (SSSR count). The second kappa shape index (κ2) is 4.40. The third-order valence-electron chi connectivity index (χ3n) is 8.12. The van der Waals surface area contributed by atoms with Gasteiger partial charge in [-0.05, 0) is 31.6 Å². The van der Waals surface area contributed by atoms with Crippen LogP contribution < -0.4 is 4.74 Å². The van der Waals surface area contributed by atoms with Crippen molar-refractivity contribution in [2.75, 3.05) is 0 Å². The summed E-state index contributed by atoms with van der Waals surface area (Å²) in [6.07, 6.45) is 4.55. The molecule has 4 unspecified atom stereocenters. The highest BCUT2D eigenvalue weighted by atomic mass is 16.7. The van der Waals surface area contributed by atoms with Crippen molar-refractivity contribution in [1.29, 1.82) is 0 Å². The van der Waals surface area contributed by atoms with Crippen molar-refractivity contribution >= 4 is 13.2 Å². The lowest BCUT2D eigenvalue weighted by Gasteiger charge is -2.87. The Morgan fingerprint density at radius 1 is 1.15 bits per heavy atom. The molecule has 2 heterocycles. The zero-order valence-corrected chi connectivity index (χ0v) is 15.9. The molecule has 5 atom stereocenters. The smallest absolute Gasteiger partial charge is 0.462 e. The minimum atomic E-state index is -0.600. The monoisotopic (exact) mass is 352 g/mol. The summed E-state index contributed by atoms with van der Waals surface area (Å²) < 4.78 is 24.7. The van der Waals surface area contributed by atoms with Crippen molar-refractivity contribution in [2.24, 2.45) is 17.3 Å². The van der Waals surface area contributed by atoms with E-state index in [4.69, 9.17) is 18.8 Å². The van der Waals surface area contributed by atoms with E-state index in [1.807, 2.05) is 19.9 Å². The number of hydrogen-bond donors (Lipinski definition) is 0. The molecule has 0 N–H and O–H groups in total. The molecular weight excluding hydrogens is 327 g/mol. The fourth-order valence-corrected chi connectivity index (χ4v) is 6.67. The third kappa shape index (κ3) is 1.53. The first-order valence-electron chi connectivity index (χ1n) is 9.78. The number of hydrogen-bond acceptors (Lipinski definition) is 4. The molecule has 5 heteroatoms. The zero-order valence-electron chi connectivity index (χ0n) is 15.9. The quantitative estimate of drug-likeness (QED) is 0.755. The van der Waals surface area contributed by atoms with Crippen LogP contribution in [-0.2, 0) is 20.7 Å². The largest absolute Gasteiger partial charge is 0.487 e. The molecule has 0 radical (unpaired) electrons. The Kier molecular flexibility index (Phi) is 2.66. The number of rotatable bonds is 2. The van der Waals surface area contributed by atoms with E-state index in [0.29, 0.717) is 17.9 Å². The SMILES string of the molecule is CC1(C)OCc2cccc(/C=C\B3OC45CC6CC(C64C)[C@]5(C)O3)c2O1. The summed E-state index contributed by atoms with van der Waals surface area (Å²) in [5.74, 6) is 3.87. The van der Waals surface area contributed by atoms with Crippen LogP contribution in [0.1, 0.15) is 51.7 Å². The molecule has 1 spiro atoms. The van der Waals surface area contributed by atoms with Gasteiger partial charge >= 0.3 is 7.12 Å². The van der Waals surface area contributed by atoms with Gasteiger partial charge in [0, 0.05) is 30.4 Å². The normalized spacial score (nSPS) is 46.4. The van der Waals surface area contributed by atoms with Crippen molar-refractivity contribution in [3.63, 3.8) is 0 Å². The van der Waals surface area contributed by atoms with Crippen molar-refractivity contribution < 1.29 is 18.8 Å². The van der Waals surface area contributed by atoms with E-state index in [0.717, 1.165) is 29.2 Å². The van der Waals surface area contributed by atoms with Crippen LogP contribution in [0, 0.1) is 17.3 Å². The lowest BCUT2D eigenvalue weighted by Crippen LogP contribution is -2.92. The molecule has 5 aliphatic rings. The summed E-state index contributed by atoms with van der Waals surface area (Å²) in [5, 5.41) is 0. The molecular formula is C21H25BO4. The van der Waals surface area contributed by atoms with Gasteiger partial charge < -0.3 is 18.8 Å². The van der Waals surface area contributed by atoms with Gasteiger partial charge in [-0.25, -0.2) is 0 Å². The zero-order chi connectivity index (χ0) is 17.9. The molecule has 3 saturated carbocycles. The van der Waals surface area contributed by atoms with Crippen LogP contribution in [0.15, 0.2) is 24.2 Å². The Hall–Kier alpha value is -1.30. The van der Waals surface area contributed by atoms with Crippen LogP contribution in [0.3, 0.4) is 0 Å². The summed E-state index contributed by atoms with van der Waals surface area (Å²) in [6, 6.07) is 6.17. The average molecular weight is 352 g/mol. The maximum absolute atomic E-state index is 6.49. The summed E-state index contributed by atoms with van der Waals surface area (Å²) in [5.41, 5.74) is 2.34. The van der Waals surface area contributed by atoms with Gasteiger partial charge in [0.1, 0.15) is 5.75 Å². The van der Waals surface area contributed by atoms with Gasteiger partial charge in [-0.15, -0.1) is 0 Å². The predicted octanol–water partition coefficient (Wildman–Crippen LogP) is 3.98. The minimum absolute atomic E-state index is 0.0506. The molecule has 0 aromatic heterocycles. The summed E-state index contributed by atoms with van der Waals surface area (Å²) in [6.45, 7) is 9.12. The molecule has 0 bridgehead atoms. The molecule has 4 nitrogen and oxygen atoms in total. The molecule has 1 aromatic rings. The number of benzene rings is 1. The average Bonchev–Trinajstić information content (AvgIpc) is 2.91. The maximum atomic E-state index is 6.49. The molecule has 2 aliphatic heterocycles. The second-order valence-electron chi connectivity index (χ2n) is 9.50. The molecule has 4 fully saturated rings. The third-order valence-corrected chi connectivity index (χ3v) is 8.12. The van der Waals surface area contributed by atoms with Gasteiger partial charge in [0.25, 0.3) is 0 Å². The van der Waals surface area contributed by atoms with Crippen LogP contribution in [0.2, 0.25) is 0 Å². The number of para-hydroxylation sites is 1. The summed E-state index contributed by atoms with van der Waals surface area (Å²) >= 11 is 0. The summed E-state index contributed by atoms with van der Waals surface area (Å²) in [7, 11) is -0.271. The molecule has 1 aromatic carbocycles. The van der Waals surface area contributed by atoms with Gasteiger partial charge in [-0.1, -0.05) is 37.2 Å². The van der Waals surface area contributed by atoms with Crippen LogP contribution >= 0.6 is 0 Å². The van der Waals surface area contributed by atoms with E-state index in [1.54, 1.807) is 0 Å². The van der Waals surface area contributed by atoms with Crippen molar-refractivity contribution in [3.05, 3.63) is 35.3 Å². The highest BCUT2D eigenvalue weighted by Crippen LogP contribution is 2.87. The topological polar surface area (TPSA) is 36.9 Å². The minimum Gasteiger partial charge on any atom is -0.462 e. The van der Waals surface area contributed by atoms with E-state index in [9.17, 15) is 0 Å². The van der Waals surface area contributed by atoms with Gasteiger partial charge in [0.2, 0.25) is 5.79 Å². The molecule has 1 saturated heterocycles. The van der Waals surface area contributed by atoms with Gasteiger partial charge in [0.15, 0.2) is 0 Å². The fraction of sp³-hybridized carbons (Fsp3) is 0.619. The number of ether oxygens (including phenoxy) is 2. The van der Waals surface area contributed by atoms with Gasteiger partial charge in [-0.3, -0.25) is 0 Å². The Labute approximate surface area is 155 Å². The maximum Gasteiger partial charge on any atom is 0.487 e. The van der Waals surface area contributed by atoms with E-state index in [2.05, 4.69) is 38.0 Å². The van der Waals surface area contributed by atoms with E-state index < -0.39 is 5.79 Å². The molecule has 0 amide bonds. The molecule has 26 heavy (non-hydrogen) atoms. The first-order valence-corrected chi connectivity index (χ1v) is 9.78. The van der Waals surface area contributed by atoms with Crippen molar-refractivity contribution in [1.82, 2.24) is 0 Å². The van der Waals surface area contributed by atoms with E-state index in [-0.39, 0.29) is 18.3 Å². The van der Waals surface area contributed by atoms with E-state index >= 15 is 0 Å². The molecule has 3 aliphatic carbocycles. The van der Waals surface area contributed by atoms with Gasteiger partial charge in [-0.2, -0.15) is 0 Å². The highest BCUT2D eigenvalue weighted by Gasteiger charge is 2.93. The first kappa shape index (κ1) is 15.7. The Morgan fingerprint density at radius 2 is 2.00 bits per heavy atom. The standard InChI is InChI=1S/C21H25BO4/c1-18(2)23-12-14-7-5-6-13(17(14)24-18)8-9-22-25-20(4)16-10-15-11-21(20,26-22)19(15,16)3/h5-9,15-16H,10-12H2,1-4H3/b9-8-/t15?,16?,19?,20-,21?/m0/s1. The van der Waals surface area contributed by atoms with Crippen LogP contribution in [-0.4, -0.2) is 24.1 Å². The van der Waals surface area contributed by atoms with Crippen molar-refractivity contribution in [2.45, 2.75) is 64.1 Å². The Morgan fingerprint density at radius 3 is 2.73 bits per heavy atom. The predicted molar refractivity (Wildman–Crippen MR) is 98.4 cm³/mol. The first-order chi connectivity index (χ1) is 12.3. The van der Waals surface area contributed by atoms with Crippen LogP contribution in [0.25, 0.3) is 6.08 Å². The lowest BCUT2D eigenvalue weighted by molar-refractivity contribution is -0.429. The fourth-order valence-electron chi connectivity index (χ4n) is 6.67. The summed E-state index contributed by atoms with van der Waals surface area (Å²) in [4.78, 5) is 0. The Bertz CT molecular complexity index is 850. The van der Waals surface area contributed by atoms with Crippen LogP contribution in [0.4, 0.5) is 0 Å². The lowest BCUT2D eigenvalue weighted by atomic mass is 9.21. The van der Waals surface area contributed by atoms with Crippen molar-refractivity contribution in [3.8, 4) is 5.75 Å². The second-order valence-corrected chi connectivity index (χ2v) is 9.50. The highest BCUT2D eigenvalue weighted by molar-refractivity contribution is 6.52. The molecule has 136 valence electrons. The van der Waals surface area contributed by atoms with Gasteiger partial charge in [0.05, 0.1) is 17.8 Å².